The lowest BCUT2D eigenvalue weighted by Crippen LogP contribution is -2.21. The van der Waals surface area contributed by atoms with Gasteiger partial charge in [0.25, 0.3) is 0 Å². The highest BCUT2D eigenvalue weighted by Crippen LogP contribution is 2.34. The van der Waals surface area contributed by atoms with Gasteiger partial charge < -0.3 is 19.8 Å². The van der Waals surface area contributed by atoms with Gasteiger partial charge in [0.1, 0.15) is 5.82 Å². The molecule has 2 heterocycles. The Kier molecular flexibility index (Phi) is 3.37. The van der Waals surface area contributed by atoms with Crippen LogP contribution in [0.1, 0.15) is 24.4 Å². The molecule has 0 radical (unpaired) electrons. The summed E-state index contributed by atoms with van der Waals surface area (Å²) in [6.07, 6.45) is 4.51. The number of hydrogen-bond donors (Lipinski definition) is 2. The molecule has 1 unspecified atom stereocenters. The Labute approximate surface area is 112 Å². The van der Waals surface area contributed by atoms with Crippen LogP contribution in [0.15, 0.2) is 30.6 Å². The average molecular weight is 259 g/mol. The summed E-state index contributed by atoms with van der Waals surface area (Å²) in [6.45, 7) is 3.34. The van der Waals surface area contributed by atoms with Crippen LogP contribution in [0.2, 0.25) is 0 Å². The molecular formula is C14H17N3O2. The number of rotatable bonds is 5. The van der Waals surface area contributed by atoms with E-state index in [4.69, 9.17) is 9.47 Å². The van der Waals surface area contributed by atoms with Gasteiger partial charge in [-0.05, 0) is 24.6 Å². The van der Waals surface area contributed by atoms with Crippen LogP contribution in [0.5, 0.6) is 11.5 Å². The van der Waals surface area contributed by atoms with Crippen LogP contribution in [0.4, 0.5) is 0 Å². The van der Waals surface area contributed by atoms with Crippen LogP contribution in [0.3, 0.4) is 0 Å². The van der Waals surface area contributed by atoms with Crippen molar-refractivity contribution in [1.29, 1.82) is 0 Å². The Hall–Kier alpha value is -2.01. The van der Waals surface area contributed by atoms with Crippen molar-refractivity contribution in [1.82, 2.24) is 15.3 Å². The zero-order valence-corrected chi connectivity index (χ0v) is 10.8. The van der Waals surface area contributed by atoms with Crippen LogP contribution >= 0.6 is 0 Å². The third-order valence-corrected chi connectivity index (χ3v) is 3.26. The lowest BCUT2D eigenvalue weighted by Gasteiger charge is -2.14. The Balaban J connectivity index is 1.56. The molecule has 0 aliphatic carbocycles. The van der Waals surface area contributed by atoms with Gasteiger partial charge >= 0.3 is 0 Å². The number of fused-ring (bicyclic) bond motifs is 1. The van der Waals surface area contributed by atoms with Crippen molar-refractivity contribution in [3.8, 4) is 11.5 Å². The summed E-state index contributed by atoms with van der Waals surface area (Å²) >= 11 is 0. The minimum absolute atomic E-state index is 0.268. The number of nitrogens with zero attached hydrogens (tertiary/aromatic N) is 1. The van der Waals surface area contributed by atoms with Crippen LogP contribution in [-0.2, 0) is 6.42 Å². The van der Waals surface area contributed by atoms with E-state index in [9.17, 15) is 0 Å². The van der Waals surface area contributed by atoms with Gasteiger partial charge in [-0.15, -0.1) is 0 Å². The van der Waals surface area contributed by atoms with Gasteiger partial charge in [0.2, 0.25) is 6.79 Å². The van der Waals surface area contributed by atoms with E-state index < -0.39 is 0 Å². The first kappa shape index (κ1) is 12.0. The molecule has 100 valence electrons. The van der Waals surface area contributed by atoms with Gasteiger partial charge in [0, 0.05) is 31.4 Å². The summed E-state index contributed by atoms with van der Waals surface area (Å²) in [5.74, 6) is 2.66. The van der Waals surface area contributed by atoms with E-state index >= 15 is 0 Å². The topological polar surface area (TPSA) is 59.2 Å². The number of imidazole rings is 1. The second kappa shape index (κ2) is 5.32. The molecule has 1 aliphatic rings. The molecule has 2 N–H and O–H groups in total. The smallest absolute Gasteiger partial charge is 0.231 e. The third kappa shape index (κ3) is 2.71. The highest BCUT2D eigenvalue weighted by molar-refractivity contribution is 5.45. The highest BCUT2D eigenvalue weighted by Gasteiger charge is 2.15. The number of aromatic amines is 1. The van der Waals surface area contributed by atoms with Crippen LogP contribution < -0.4 is 14.8 Å². The van der Waals surface area contributed by atoms with E-state index in [1.165, 1.54) is 5.56 Å². The summed E-state index contributed by atoms with van der Waals surface area (Å²) in [7, 11) is 0. The Morgan fingerprint density at radius 2 is 2.26 bits per heavy atom. The largest absolute Gasteiger partial charge is 0.454 e. The number of nitrogens with one attached hydrogen (secondary N) is 2. The standard InChI is InChI=1S/C14H17N3O2/c1-10(15-5-4-14-16-6-7-17-14)11-2-3-12-13(8-11)19-9-18-12/h2-3,6-8,10,15H,4-5,9H2,1H3,(H,16,17). The first-order valence-electron chi connectivity index (χ1n) is 6.44. The molecule has 1 aliphatic heterocycles. The predicted octanol–water partition coefficient (Wildman–Crippen LogP) is 2.03. The molecule has 1 aromatic carbocycles. The molecule has 0 fully saturated rings. The number of aromatic nitrogens is 2. The molecule has 3 rings (SSSR count). The normalized spacial score (nSPS) is 14.6. The van der Waals surface area contributed by atoms with Crippen molar-refractivity contribution < 1.29 is 9.47 Å². The number of hydrogen-bond acceptors (Lipinski definition) is 4. The van der Waals surface area contributed by atoms with Gasteiger partial charge in [-0.25, -0.2) is 4.98 Å². The molecule has 0 spiro atoms. The zero-order valence-electron chi connectivity index (χ0n) is 10.8. The van der Waals surface area contributed by atoms with Gasteiger partial charge in [-0.1, -0.05) is 6.07 Å². The number of ether oxygens (including phenoxy) is 2. The summed E-state index contributed by atoms with van der Waals surface area (Å²) < 4.78 is 10.7. The van der Waals surface area contributed by atoms with E-state index in [1.54, 1.807) is 6.20 Å². The molecule has 2 aromatic rings. The summed E-state index contributed by atoms with van der Waals surface area (Å²) in [5, 5.41) is 3.47. The van der Waals surface area contributed by atoms with Gasteiger partial charge in [-0.2, -0.15) is 0 Å². The fraction of sp³-hybridized carbons (Fsp3) is 0.357. The second-order valence-corrected chi connectivity index (χ2v) is 4.57. The number of H-pyrrole nitrogens is 1. The third-order valence-electron chi connectivity index (χ3n) is 3.26. The SMILES string of the molecule is CC(NCCc1ncc[nH]1)c1ccc2c(c1)OCO2. The second-order valence-electron chi connectivity index (χ2n) is 4.57. The molecular weight excluding hydrogens is 242 g/mol. The molecule has 19 heavy (non-hydrogen) atoms. The van der Waals surface area contributed by atoms with Crippen molar-refractivity contribution in [3.63, 3.8) is 0 Å². The van der Waals surface area contributed by atoms with Crippen LogP contribution in [-0.4, -0.2) is 23.3 Å². The van der Waals surface area contributed by atoms with E-state index in [0.29, 0.717) is 6.79 Å². The molecule has 1 atom stereocenters. The van der Waals surface area contributed by atoms with E-state index in [-0.39, 0.29) is 6.04 Å². The van der Waals surface area contributed by atoms with Gasteiger partial charge in [0.05, 0.1) is 0 Å². The summed E-state index contributed by atoms with van der Waals surface area (Å²) in [5.41, 5.74) is 1.20. The maximum Gasteiger partial charge on any atom is 0.231 e. The molecule has 1 aromatic heterocycles. The van der Waals surface area contributed by atoms with Gasteiger partial charge in [-0.3, -0.25) is 0 Å². The molecule has 0 saturated carbocycles. The van der Waals surface area contributed by atoms with Crippen molar-refractivity contribution in [2.24, 2.45) is 0 Å². The molecule has 0 amide bonds. The predicted molar refractivity (Wildman–Crippen MR) is 71.3 cm³/mol. The lowest BCUT2D eigenvalue weighted by molar-refractivity contribution is 0.174. The average Bonchev–Trinajstić information content (AvgIpc) is 3.08. The molecule has 5 nitrogen and oxygen atoms in total. The van der Waals surface area contributed by atoms with E-state index in [0.717, 1.165) is 30.3 Å². The van der Waals surface area contributed by atoms with Crippen LogP contribution in [0.25, 0.3) is 0 Å². The first-order valence-corrected chi connectivity index (χ1v) is 6.44. The fourth-order valence-corrected chi connectivity index (χ4v) is 2.14. The van der Waals surface area contributed by atoms with E-state index in [2.05, 4.69) is 28.3 Å². The zero-order chi connectivity index (χ0) is 13.1. The maximum atomic E-state index is 5.39. The minimum atomic E-state index is 0.268. The van der Waals surface area contributed by atoms with Crippen molar-refractivity contribution >= 4 is 0 Å². The van der Waals surface area contributed by atoms with Crippen molar-refractivity contribution in [2.45, 2.75) is 19.4 Å². The van der Waals surface area contributed by atoms with Crippen molar-refractivity contribution in [2.75, 3.05) is 13.3 Å². The summed E-state index contributed by atoms with van der Waals surface area (Å²) in [4.78, 5) is 7.30. The monoisotopic (exact) mass is 259 g/mol. The Bertz CT molecular complexity index is 540. The minimum Gasteiger partial charge on any atom is -0.454 e. The molecule has 0 saturated heterocycles. The fourth-order valence-electron chi connectivity index (χ4n) is 2.14. The molecule has 5 heteroatoms. The Morgan fingerprint density at radius 3 is 3.11 bits per heavy atom. The summed E-state index contributed by atoms with van der Waals surface area (Å²) in [6, 6.07) is 6.33. The number of benzene rings is 1. The first-order chi connectivity index (χ1) is 9.33. The molecule has 0 bridgehead atoms. The van der Waals surface area contributed by atoms with Gasteiger partial charge in [0.15, 0.2) is 11.5 Å². The lowest BCUT2D eigenvalue weighted by atomic mass is 10.1. The highest BCUT2D eigenvalue weighted by atomic mass is 16.7. The maximum absolute atomic E-state index is 5.39. The Morgan fingerprint density at radius 1 is 1.37 bits per heavy atom. The van der Waals surface area contributed by atoms with Crippen molar-refractivity contribution in [3.05, 3.63) is 42.0 Å². The van der Waals surface area contributed by atoms with Crippen LogP contribution in [0, 0.1) is 0 Å². The quantitative estimate of drug-likeness (QED) is 0.862. The van der Waals surface area contributed by atoms with E-state index in [1.807, 2.05) is 18.3 Å².